The van der Waals surface area contributed by atoms with Crippen LogP contribution in [0.2, 0.25) is 0 Å². The van der Waals surface area contributed by atoms with E-state index in [9.17, 15) is 5.11 Å². The predicted octanol–water partition coefficient (Wildman–Crippen LogP) is 2.95. The standard InChI is InChI=1S/C19H33N3O/c1-3-4-5-6-7-8-9-17-10-12-18(13-11-17)22-15-19(20,16-23)14-21(22)2/h10-13,23H,3-9,14-16,20H2,1-2H3. The third kappa shape index (κ3) is 5.20. The number of likely N-dealkylation sites (N-methyl/N-ethyl adjacent to an activating group) is 1. The van der Waals surface area contributed by atoms with Gasteiger partial charge in [-0.25, -0.2) is 5.01 Å². The Morgan fingerprint density at radius 2 is 1.70 bits per heavy atom. The zero-order valence-electron chi connectivity index (χ0n) is 14.8. The zero-order chi connectivity index (χ0) is 16.7. The van der Waals surface area contributed by atoms with E-state index in [1.807, 2.05) is 7.05 Å². The van der Waals surface area contributed by atoms with Crippen LogP contribution in [0.25, 0.3) is 0 Å². The minimum Gasteiger partial charge on any atom is -0.394 e. The second-order valence-corrected chi connectivity index (χ2v) is 7.08. The number of anilines is 1. The largest absolute Gasteiger partial charge is 0.394 e. The molecule has 4 heteroatoms. The Kier molecular flexibility index (Phi) is 6.88. The number of rotatable bonds is 9. The number of nitrogens with two attached hydrogens (primary N) is 1. The van der Waals surface area contributed by atoms with E-state index in [1.165, 1.54) is 50.5 Å². The Hall–Kier alpha value is -1.10. The van der Waals surface area contributed by atoms with Gasteiger partial charge in [-0.1, -0.05) is 51.2 Å². The topological polar surface area (TPSA) is 52.7 Å². The lowest BCUT2D eigenvalue weighted by molar-refractivity contribution is 0.205. The number of hydrogen-bond acceptors (Lipinski definition) is 4. The zero-order valence-corrected chi connectivity index (χ0v) is 14.8. The van der Waals surface area contributed by atoms with E-state index in [2.05, 4.69) is 41.2 Å². The maximum Gasteiger partial charge on any atom is 0.0729 e. The van der Waals surface area contributed by atoms with E-state index in [1.54, 1.807) is 0 Å². The molecule has 1 aliphatic heterocycles. The van der Waals surface area contributed by atoms with Gasteiger partial charge in [0.25, 0.3) is 0 Å². The fourth-order valence-corrected chi connectivity index (χ4v) is 3.34. The second kappa shape index (κ2) is 8.67. The van der Waals surface area contributed by atoms with E-state index in [-0.39, 0.29) is 6.61 Å². The molecule has 1 fully saturated rings. The molecule has 1 atom stereocenters. The van der Waals surface area contributed by atoms with Gasteiger partial charge in [0.05, 0.1) is 24.4 Å². The van der Waals surface area contributed by atoms with Gasteiger partial charge in [-0.3, -0.25) is 0 Å². The highest BCUT2D eigenvalue weighted by molar-refractivity contribution is 5.48. The first-order valence-electron chi connectivity index (χ1n) is 9.05. The molecule has 1 unspecified atom stereocenters. The van der Waals surface area contributed by atoms with Crippen LogP contribution in [0.15, 0.2) is 24.3 Å². The SMILES string of the molecule is CCCCCCCCc1ccc(N2CC(N)(CO)CN2C)cc1. The summed E-state index contributed by atoms with van der Waals surface area (Å²) in [5, 5.41) is 13.7. The number of aryl methyl sites for hydroxylation is 1. The summed E-state index contributed by atoms with van der Waals surface area (Å²) in [4.78, 5) is 0. The molecule has 0 bridgehead atoms. The molecule has 1 saturated heterocycles. The third-order valence-electron chi connectivity index (χ3n) is 4.79. The van der Waals surface area contributed by atoms with Gasteiger partial charge >= 0.3 is 0 Å². The summed E-state index contributed by atoms with van der Waals surface area (Å²) >= 11 is 0. The molecular weight excluding hydrogens is 286 g/mol. The van der Waals surface area contributed by atoms with Crippen LogP contribution in [0.5, 0.6) is 0 Å². The van der Waals surface area contributed by atoms with Crippen LogP contribution in [-0.2, 0) is 6.42 Å². The highest BCUT2D eigenvalue weighted by Crippen LogP contribution is 2.25. The smallest absolute Gasteiger partial charge is 0.0729 e. The molecule has 0 saturated carbocycles. The van der Waals surface area contributed by atoms with Gasteiger partial charge in [-0.05, 0) is 30.5 Å². The summed E-state index contributed by atoms with van der Waals surface area (Å²) in [6.07, 6.45) is 9.21. The Morgan fingerprint density at radius 1 is 1.04 bits per heavy atom. The predicted molar refractivity (Wildman–Crippen MR) is 97.5 cm³/mol. The molecule has 0 aromatic heterocycles. The van der Waals surface area contributed by atoms with Gasteiger partial charge in [0.1, 0.15) is 0 Å². The molecule has 2 rings (SSSR count). The minimum absolute atomic E-state index is 0.0178. The maximum atomic E-state index is 9.45. The maximum absolute atomic E-state index is 9.45. The molecule has 23 heavy (non-hydrogen) atoms. The van der Waals surface area contributed by atoms with Gasteiger partial charge in [-0.15, -0.1) is 0 Å². The van der Waals surface area contributed by atoms with E-state index in [0.29, 0.717) is 13.1 Å². The summed E-state index contributed by atoms with van der Waals surface area (Å²) in [5.74, 6) is 0. The Labute approximate surface area is 141 Å². The summed E-state index contributed by atoms with van der Waals surface area (Å²) in [5.41, 5.74) is 8.23. The highest BCUT2D eigenvalue weighted by atomic mass is 16.3. The second-order valence-electron chi connectivity index (χ2n) is 7.08. The average molecular weight is 319 g/mol. The molecule has 1 aromatic rings. The van der Waals surface area contributed by atoms with Crippen molar-refractivity contribution in [2.24, 2.45) is 5.73 Å². The number of unbranched alkanes of at least 4 members (excludes halogenated alkanes) is 5. The average Bonchev–Trinajstić information content (AvgIpc) is 2.87. The van der Waals surface area contributed by atoms with Crippen LogP contribution in [0, 0.1) is 0 Å². The van der Waals surface area contributed by atoms with Crippen molar-refractivity contribution in [2.75, 3.05) is 31.8 Å². The molecular formula is C19H33N3O. The first-order valence-corrected chi connectivity index (χ1v) is 9.05. The van der Waals surface area contributed by atoms with E-state index in [0.717, 1.165) is 5.69 Å². The normalized spacial score (nSPS) is 22.0. The van der Waals surface area contributed by atoms with Gasteiger partial charge in [-0.2, -0.15) is 0 Å². The number of benzene rings is 1. The molecule has 0 amide bonds. The van der Waals surface area contributed by atoms with Crippen LogP contribution in [0.3, 0.4) is 0 Å². The lowest BCUT2D eigenvalue weighted by atomic mass is 10.0. The lowest BCUT2D eigenvalue weighted by Crippen LogP contribution is -2.48. The molecule has 0 spiro atoms. The van der Waals surface area contributed by atoms with Crippen LogP contribution in [0.4, 0.5) is 5.69 Å². The van der Waals surface area contributed by atoms with Crippen molar-refractivity contribution in [1.82, 2.24) is 5.01 Å². The van der Waals surface area contributed by atoms with Crippen molar-refractivity contribution in [3.63, 3.8) is 0 Å². The molecule has 1 aliphatic rings. The molecule has 130 valence electrons. The number of aliphatic hydroxyl groups excluding tert-OH is 1. The first-order chi connectivity index (χ1) is 11.1. The molecule has 4 nitrogen and oxygen atoms in total. The van der Waals surface area contributed by atoms with Crippen LogP contribution in [0.1, 0.15) is 51.0 Å². The fourth-order valence-electron chi connectivity index (χ4n) is 3.34. The van der Waals surface area contributed by atoms with E-state index >= 15 is 0 Å². The molecule has 0 radical (unpaired) electrons. The molecule has 0 aliphatic carbocycles. The summed E-state index contributed by atoms with van der Waals surface area (Å²) in [6, 6.07) is 8.80. The van der Waals surface area contributed by atoms with Gasteiger partial charge in [0.2, 0.25) is 0 Å². The lowest BCUT2D eigenvalue weighted by Gasteiger charge is -2.26. The van der Waals surface area contributed by atoms with Crippen LogP contribution >= 0.6 is 0 Å². The summed E-state index contributed by atoms with van der Waals surface area (Å²) in [6.45, 7) is 3.62. The summed E-state index contributed by atoms with van der Waals surface area (Å²) in [7, 11) is 2.02. The first kappa shape index (κ1) is 18.2. The Bertz CT molecular complexity index is 462. The molecule has 1 aromatic carbocycles. The number of hydrogen-bond donors (Lipinski definition) is 2. The van der Waals surface area contributed by atoms with Crippen molar-refractivity contribution in [3.05, 3.63) is 29.8 Å². The van der Waals surface area contributed by atoms with Gasteiger partial charge in [0, 0.05) is 13.6 Å². The third-order valence-corrected chi connectivity index (χ3v) is 4.79. The minimum atomic E-state index is -0.522. The van der Waals surface area contributed by atoms with Gasteiger partial charge in [0.15, 0.2) is 0 Å². The van der Waals surface area contributed by atoms with Crippen molar-refractivity contribution in [1.29, 1.82) is 0 Å². The Morgan fingerprint density at radius 3 is 2.30 bits per heavy atom. The molecule has 1 heterocycles. The van der Waals surface area contributed by atoms with Gasteiger partial charge < -0.3 is 15.8 Å². The molecule has 3 N–H and O–H groups in total. The van der Waals surface area contributed by atoms with Crippen LogP contribution in [-0.4, -0.2) is 42.4 Å². The van der Waals surface area contributed by atoms with E-state index < -0.39 is 5.54 Å². The monoisotopic (exact) mass is 319 g/mol. The Balaban J connectivity index is 1.80. The van der Waals surface area contributed by atoms with Crippen molar-refractivity contribution in [3.8, 4) is 0 Å². The quantitative estimate of drug-likeness (QED) is 0.687. The van der Waals surface area contributed by atoms with Crippen molar-refractivity contribution < 1.29 is 5.11 Å². The van der Waals surface area contributed by atoms with Crippen LogP contribution < -0.4 is 10.7 Å². The number of hydrazine groups is 1. The highest BCUT2D eigenvalue weighted by Gasteiger charge is 2.37. The number of nitrogens with zero attached hydrogens (tertiary/aromatic N) is 2. The number of aliphatic hydroxyl groups is 1. The van der Waals surface area contributed by atoms with E-state index in [4.69, 9.17) is 5.73 Å². The fraction of sp³-hybridized carbons (Fsp3) is 0.684. The van der Waals surface area contributed by atoms with Crippen molar-refractivity contribution >= 4 is 5.69 Å². The summed E-state index contributed by atoms with van der Waals surface area (Å²) < 4.78 is 0. The van der Waals surface area contributed by atoms with Crippen molar-refractivity contribution in [2.45, 2.75) is 57.4 Å².